The van der Waals surface area contributed by atoms with Crippen LogP contribution in [0, 0.1) is 0 Å². The summed E-state index contributed by atoms with van der Waals surface area (Å²) in [7, 11) is 0. The Bertz CT molecular complexity index is 1650. The van der Waals surface area contributed by atoms with Crippen molar-refractivity contribution in [2.24, 2.45) is 0 Å². The smallest absolute Gasteiger partial charge is 0.297 e. The Kier molecular flexibility index (Phi) is 13.2. The van der Waals surface area contributed by atoms with Crippen molar-refractivity contribution in [3.63, 3.8) is 0 Å². The van der Waals surface area contributed by atoms with Crippen molar-refractivity contribution in [2.75, 3.05) is 0 Å². The molecule has 6 aromatic rings. The molecule has 0 fully saturated rings. The predicted molar refractivity (Wildman–Crippen MR) is 230 cm³/mol. The summed E-state index contributed by atoms with van der Waals surface area (Å²) in [5, 5.41) is 0. The third-order valence-electron chi connectivity index (χ3n) is 10.0. The average molecular weight is 755 g/mol. The summed E-state index contributed by atoms with van der Waals surface area (Å²) in [6.07, 6.45) is 4.88. The van der Waals surface area contributed by atoms with Crippen LogP contribution in [-0.4, -0.2) is 0 Å². The fraction of sp³-hybridized carbons (Fsp3) is 0.250. The van der Waals surface area contributed by atoms with Crippen molar-refractivity contribution < 1.29 is 9.09 Å². The molecule has 0 radical (unpaired) electrons. The quantitative estimate of drug-likeness (QED) is 0.0816. The summed E-state index contributed by atoms with van der Waals surface area (Å²) in [5.74, 6) is -3.83. The maximum atomic E-state index is 17.2. The van der Waals surface area contributed by atoms with Crippen molar-refractivity contribution in [1.29, 1.82) is 0 Å². The van der Waals surface area contributed by atoms with Crippen LogP contribution in [-0.2, 0) is 24.2 Å². The molecule has 0 N–H and O–H groups in total. The van der Waals surface area contributed by atoms with Crippen molar-refractivity contribution in [3.05, 3.63) is 215 Å². The minimum atomic E-state index is -3.83. The molecule has 0 atom stereocenters. The highest BCUT2D eigenvalue weighted by atomic mass is 33.1. The van der Waals surface area contributed by atoms with Gasteiger partial charge in [0.05, 0.1) is 9.49 Å². The van der Waals surface area contributed by atoms with Gasteiger partial charge >= 0.3 is 5.77 Å². The van der Waals surface area contributed by atoms with Crippen molar-refractivity contribution in [2.45, 2.75) is 74.4 Å². The lowest BCUT2D eigenvalue weighted by Gasteiger charge is -2.45. The Morgan fingerprint density at radius 1 is 0.396 bits per heavy atom. The van der Waals surface area contributed by atoms with Gasteiger partial charge < -0.3 is 0 Å². The number of rotatable bonds is 18. The second kappa shape index (κ2) is 18.0. The average Bonchev–Trinajstić information content (AvgIpc) is 3.22. The van der Waals surface area contributed by atoms with Gasteiger partial charge in [-0.25, -0.2) is 0 Å². The van der Waals surface area contributed by atoms with Crippen LogP contribution in [0.3, 0.4) is 0 Å². The van der Waals surface area contributed by atoms with Crippen molar-refractivity contribution in [1.82, 2.24) is 0 Å². The first-order valence-corrected chi connectivity index (χ1v) is 23.5. The van der Waals surface area contributed by atoms with Gasteiger partial charge in [-0.1, -0.05) is 222 Å². The molecule has 0 saturated carbocycles. The Balaban J connectivity index is 1.68. The van der Waals surface area contributed by atoms with E-state index in [0.717, 1.165) is 65.5 Å². The fourth-order valence-electron chi connectivity index (χ4n) is 7.75. The second-order valence-electron chi connectivity index (χ2n) is 13.6. The summed E-state index contributed by atoms with van der Waals surface area (Å²) in [5.41, 5.74) is 5.56. The molecule has 6 rings (SSSR count). The zero-order valence-corrected chi connectivity index (χ0v) is 33.7. The zero-order chi connectivity index (χ0) is 37.0. The molecule has 0 heterocycles. The lowest BCUT2D eigenvalue weighted by Crippen LogP contribution is -2.32. The van der Waals surface area contributed by atoms with Gasteiger partial charge in [0, 0.05) is 0 Å². The number of hydrogen-bond acceptors (Lipinski definition) is 4. The van der Waals surface area contributed by atoms with Crippen molar-refractivity contribution in [3.8, 4) is 0 Å². The molecular formula is C48H51O2PS2. The molecule has 0 unspecified atom stereocenters. The van der Waals surface area contributed by atoms with Crippen LogP contribution in [0.4, 0.5) is 0 Å². The van der Waals surface area contributed by atoms with E-state index in [1.54, 1.807) is 22.8 Å². The summed E-state index contributed by atoms with van der Waals surface area (Å²) >= 11 is 3.10. The Labute approximate surface area is 325 Å². The molecule has 0 aromatic heterocycles. The van der Waals surface area contributed by atoms with Gasteiger partial charge in [0.25, 0.3) is 0 Å². The van der Waals surface area contributed by atoms with Gasteiger partial charge in [0.2, 0.25) is 0 Å². The standard InChI is InChI=1S/C48H51O2PS2/c1-4-37-46(40-25-13-7-14-26-40,41-27-15-8-16-28-41)50-51(49,52-47(38-5-2,42-29-17-9-18-30-42)43-31-19-10-20-32-43)53-48(39-6-3,44-33-21-11-22-34-44)45-35-23-12-24-36-45/h7-36H,4-6,37-39H2,1-3H3. The highest BCUT2D eigenvalue weighted by molar-refractivity contribution is 8.89. The Morgan fingerprint density at radius 3 is 0.887 bits per heavy atom. The van der Waals surface area contributed by atoms with E-state index in [1.165, 1.54) is 0 Å². The van der Waals surface area contributed by atoms with E-state index < -0.39 is 20.9 Å². The summed E-state index contributed by atoms with van der Waals surface area (Å²) < 4.78 is 23.7. The molecule has 0 aliphatic carbocycles. The molecule has 6 aromatic carbocycles. The molecule has 0 bridgehead atoms. The minimum absolute atomic E-state index is 0.656. The van der Waals surface area contributed by atoms with E-state index in [2.05, 4.69) is 191 Å². The molecular weight excluding hydrogens is 704 g/mol. The normalized spacial score (nSPS) is 12.4. The molecule has 0 aliphatic rings. The SMILES string of the molecule is CCCC(OP(=O)(SC(CCC)(c1ccccc1)c1ccccc1)SC(CCC)(c1ccccc1)c1ccccc1)(c1ccccc1)c1ccccc1. The van der Waals surface area contributed by atoms with Gasteiger partial charge in [-0.15, -0.1) is 0 Å². The van der Waals surface area contributed by atoms with E-state index in [1.807, 2.05) is 12.1 Å². The third-order valence-corrected chi connectivity index (χ3v) is 18.0. The Hall–Kier alpha value is -3.79. The van der Waals surface area contributed by atoms with Crippen LogP contribution in [0.25, 0.3) is 0 Å². The van der Waals surface area contributed by atoms with E-state index in [0.29, 0.717) is 6.42 Å². The zero-order valence-electron chi connectivity index (χ0n) is 31.1. The van der Waals surface area contributed by atoms with Crippen LogP contribution < -0.4 is 0 Å². The molecule has 2 nitrogen and oxygen atoms in total. The molecule has 53 heavy (non-hydrogen) atoms. The maximum absolute atomic E-state index is 17.2. The monoisotopic (exact) mass is 754 g/mol. The van der Waals surface area contributed by atoms with Gasteiger partial charge in [-0.3, -0.25) is 9.09 Å². The van der Waals surface area contributed by atoms with E-state index in [4.69, 9.17) is 4.52 Å². The van der Waals surface area contributed by atoms with Crippen LogP contribution in [0.15, 0.2) is 182 Å². The van der Waals surface area contributed by atoms with Crippen LogP contribution >= 0.6 is 28.5 Å². The van der Waals surface area contributed by atoms with E-state index >= 15 is 4.57 Å². The van der Waals surface area contributed by atoms with E-state index in [-0.39, 0.29) is 0 Å². The van der Waals surface area contributed by atoms with Crippen LogP contribution in [0.5, 0.6) is 0 Å². The molecule has 0 amide bonds. The van der Waals surface area contributed by atoms with E-state index in [9.17, 15) is 0 Å². The van der Waals surface area contributed by atoms with Gasteiger partial charge in [-0.05, 0) is 75.4 Å². The first-order valence-electron chi connectivity index (χ1n) is 19.0. The lowest BCUT2D eigenvalue weighted by atomic mass is 9.83. The number of benzene rings is 6. The van der Waals surface area contributed by atoms with Crippen LogP contribution in [0.2, 0.25) is 0 Å². The Morgan fingerprint density at radius 2 is 0.642 bits per heavy atom. The highest BCUT2D eigenvalue weighted by Gasteiger charge is 2.53. The lowest BCUT2D eigenvalue weighted by molar-refractivity contribution is 0.113. The molecule has 0 saturated heterocycles. The first kappa shape index (κ1) is 38.9. The van der Waals surface area contributed by atoms with Crippen LogP contribution in [0.1, 0.15) is 92.7 Å². The predicted octanol–water partition coefficient (Wildman–Crippen LogP) is 14.8. The fourth-order valence-corrected chi connectivity index (χ4v) is 18.7. The number of hydrogen-bond donors (Lipinski definition) is 0. The minimum Gasteiger partial charge on any atom is -0.297 e. The maximum Gasteiger partial charge on any atom is 0.316 e. The largest absolute Gasteiger partial charge is 0.316 e. The summed E-state index contributed by atoms with van der Waals surface area (Å²) in [6.45, 7) is 6.65. The molecule has 272 valence electrons. The topological polar surface area (TPSA) is 26.3 Å². The summed E-state index contributed by atoms with van der Waals surface area (Å²) in [4.78, 5) is 0. The van der Waals surface area contributed by atoms with Gasteiger partial charge in [-0.2, -0.15) is 0 Å². The highest BCUT2D eigenvalue weighted by Crippen LogP contribution is 2.83. The molecule has 0 spiro atoms. The van der Waals surface area contributed by atoms with Gasteiger partial charge in [0.1, 0.15) is 5.60 Å². The first-order chi connectivity index (χ1) is 25.9. The summed E-state index contributed by atoms with van der Waals surface area (Å²) in [6, 6.07) is 63.6. The third kappa shape index (κ3) is 8.48. The van der Waals surface area contributed by atoms with Crippen molar-refractivity contribution >= 4 is 28.5 Å². The van der Waals surface area contributed by atoms with Gasteiger partial charge in [0.15, 0.2) is 0 Å². The second-order valence-corrected chi connectivity index (χ2v) is 21.2. The molecule has 0 aliphatic heterocycles. The molecule has 5 heteroatoms.